The number of aliphatic hydroxyl groups is 1. The van der Waals surface area contributed by atoms with Gasteiger partial charge >= 0.3 is 0 Å². The summed E-state index contributed by atoms with van der Waals surface area (Å²) in [4.78, 5) is 0. The van der Waals surface area contributed by atoms with E-state index >= 15 is 0 Å². The van der Waals surface area contributed by atoms with Crippen LogP contribution in [0.15, 0.2) is 0 Å². The van der Waals surface area contributed by atoms with Crippen molar-refractivity contribution in [3.63, 3.8) is 0 Å². The zero-order valence-corrected chi connectivity index (χ0v) is 11.8. The van der Waals surface area contributed by atoms with Crippen LogP contribution >= 0.6 is 0 Å². The van der Waals surface area contributed by atoms with Crippen LogP contribution in [0.4, 0.5) is 0 Å². The van der Waals surface area contributed by atoms with Crippen LogP contribution in [-0.4, -0.2) is 36.5 Å². The molecule has 0 aromatic rings. The second-order valence-corrected chi connectivity index (χ2v) is 6.19. The fraction of sp³-hybridized carbons (Fsp3) is 1.00. The standard InChI is InChI=1S/C15H29NO2/c1-2-9-16-15(12-17)8-3-4-14(11-15)18-10-7-13-5-6-13/h13-14,16-17H,2-12H2,1H3. The summed E-state index contributed by atoms with van der Waals surface area (Å²) in [7, 11) is 0. The molecule has 0 heterocycles. The highest BCUT2D eigenvalue weighted by Crippen LogP contribution is 2.34. The molecule has 2 saturated carbocycles. The first-order valence-corrected chi connectivity index (χ1v) is 7.75. The predicted octanol–water partition coefficient (Wildman–Crippen LogP) is 2.48. The molecule has 2 rings (SSSR count). The minimum Gasteiger partial charge on any atom is -0.394 e. The van der Waals surface area contributed by atoms with Crippen molar-refractivity contribution < 1.29 is 9.84 Å². The Bertz CT molecular complexity index is 243. The van der Waals surface area contributed by atoms with Crippen molar-refractivity contribution in [3.8, 4) is 0 Å². The van der Waals surface area contributed by atoms with Gasteiger partial charge in [-0.15, -0.1) is 0 Å². The highest BCUT2D eigenvalue weighted by atomic mass is 16.5. The van der Waals surface area contributed by atoms with Crippen molar-refractivity contribution in [3.05, 3.63) is 0 Å². The van der Waals surface area contributed by atoms with E-state index in [1.165, 1.54) is 32.1 Å². The van der Waals surface area contributed by atoms with Gasteiger partial charge in [-0.25, -0.2) is 0 Å². The van der Waals surface area contributed by atoms with Crippen molar-refractivity contribution in [1.82, 2.24) is 5.32 Å². The van der Waals surface area contributed by atoms with Gasteiger partial charge in [0.15, 0.2) is 0 Å². The van der Waals surface area contributed by atoms with Crippen LogP contribution in [0.5, 0.6) is 0 Å². The molecule has 0 spiro atoms. The largest absolute Gasteiger partial charge is 0.394 e. The topological polar surface area (TPSA) is 41.5 Å². The molecule has 0 bridgehead atoms. The molecule has 0 aromatic heterocycles. The molecule has 3 heteroatoms. The van der Waals surface area contributed by atoms with E-state index in [1.807, 2.05) is 0 Å². The molecular formula is C15H29NO2. The van der Waals surface area contributed by atoms with Gasteiger partial charge in [0.05, 0.1) is 12.7 Å². The summed E-state index contributed by atoms with van der Waals surface area (Å²) in [6.07, 6.45) is 9.94. The second kappa shape index (κ2) is 6.88. The number of hydrogen-bond donors (Lipinski definition) is 2. The lowest BCUT2D eigenvalue weighted by Gasteiger charge is -2.40. The quantitative estimate of drug-likeness (QED) is 0.700. The maximum absolute atomic E-state index is 9.69. The molecule has 106 valence electrons. The maximum atomic E-state index is 9.69. The fourth-order valence-corrected chi connectivity index (χ4v) is 3.01. The summed E-state index contributed by atoms with van der Waals surface area (Å²) >= 11 is 0. The van der Waals surface area contributed by atoms with Gasteiger partial charge in [0.2, 0.25) is 0 Å². The fourth-order valence-electron chi connectivity index (χ4n) is 3.01. The van der Waals surface area contributed by atoms with Crippen molar-refractivity contribution in [1.29, 1.82) is 0 Å². The van der Waals surface area contributed by atoms with E-state index in [2.05, 4.69) is 12.2 Å². The first kappa shape index (κ1) is 14.3. The van der Waals surface area contributed by atoms with Gasteiger partial charge in [0.1, 0.15) is 0 Å². The summed E-state index contributed by atoms with van der Waals surface area (Å²) in [5, 5.41) is 13.2. The molecule has 2 aliphatic rings. The van der Waals surface area contributed by atoms with Crippen molar-refractivity contribution >= 4 is 0 Å². The number of ether oxygens (including phenoxy) is 1. The summed E-state index contributed by atoms with van der Waals surface area (Å²) in [5.41, 5.74) is -0.0709. The van der Waals surface area contributed by atoms with Crippen LogP contribution in [0.3, 0.4) is 0 Å². The lowest BCUT2D eigenvalue weighted by molar-refractivity contribution is -0.0175. The highest BCUT2D eigenvalue weighted by molar-refractivity contribution is 4.93. The number of aliphatic hydroxyl groups excluding tert-OH is 1. The highest BCUT2D eigenvalue weighted by Gasteiger charge is 2.35. The molecule has 0 aliphatic heterocycles. The second-order valence-electron chi connectivity index (χ2n) is 6.19. The summed E-state index contributed by atoms with van der Waals surface area (Å²) in [6.45, 7) is 4.33. The van der Waals surface area contributed by atoms with Gasteiger partial charge in [-0.2, -0.15) is 0 Å². The molecule has 2 N–H and O–H groups in total. The molecule has 2 atom stereocenters. The molecular weight excluding hydrogens is 226 g/mol. The normalized spacial score (nSPS) is 32.7. The van der Waals surface area contributed by atoms with Crippen molar-refractivity contribution in [2.45, 2.75) is 69.9 Å². The number of nitrogens with one attached hydrogen (secondary N) is 1. The molecule has 0 amide bonds. The van der Waals surface area contributed by atoms with Gasteiger partial charge in [-0.3, -0.25) is 0 Å². The lowest BCUT2D eigenvalue weighted by atomic mass is 9.80. The number of rotatable bonds is 8. The van der Waals surface area contributed by atoms with Gasteiger partial charge in [0.25, 0.3) is 0 Å². The molecule has 0 aromatic carbocycles. The molecule has 2 unspecified atom stereocenters. The Kier molecular flexibility index (Phi) is 5.46. The number of hydrogen-bond acceptors (Lipinski definition) is 3. The van der Waals surface area contributed by atoms with E-state index in [4.69, 9.17) is 4.74 Å². The smallest absolute Gasteiger partial charge is 0.0614 e. The van der Waals surface area contributed by atoms with Crippen LogP contribution in [0.25, 0.3) is 0 Å². The lowest BCUT2D eigenvalue weighted by Crippen LogP contribution is -2.53. The maximum Gasteiger partial charge on any atom is 0.0614 e. The van der Waals surface area contributed by atoms with Gasteiger partial charge in [0, 0.05) is 12.1 Å². The molecule has 18 heavy (non-hydrogen) atoms. The molecule has 0 saturated heterocycles. The molecule has 3 nitrogen and oxygen atoms in total. The average molecular weight is 255 g/mol. The molecule has 2 aliphatic carbocycles. The van der Waals surface area contributed by atoms with Gasteiger partial charge in [-0.05, 0) is 51.0 Å². The third kappa shape index (κ3) is 4.22. The summed E-state index contributed by atoms with van der Waals surface area (Å²) in [5.74, 6) is 0.953. The van der Waals surface area contributed by atoms with Crippen molar-refractivity contribution in [2.24, 2.45) is 5.92 Å². The van der Waals surface area contributed by atoms with Crippen LogP contribution in [0, 0.1) is 5.92 Å². The zero-order chi connectivity index (χ0) is 12.8. The zero-order valence-electron chi connectivity index (χ0n) is 11.8. The van der Waals surface area contributed by atoms with Crippen LogP contribution < -0.4 is 5.32 Å². The Morgan fingerprint density at radius 1 is 1.33 bits per heavy atom. The third-order valence-corrected chi connectivity index (χ3v) is 4.43. The van der Waals surface area contributed by atoms with Crippen LogP contribution in [0.1, 0.15) is 58.3 Å². The molecule has 0 radical (unpaired) electrons. The Morgan fingerprint density at radius 2 is 2.17 bits per heavy atom. The van der Waals surface area contributed by atoms with Gasteiger partial charge < -0.3 is 15.2 Å². The van der Waals surface area contributed by atoms with Gasteiger partial charge in [-0.1, -0.05) is 19.8 Å². The van der Waals surface area contributed by atoms with Crippen LogP contribution in [-0.2, 0) is 4.74 Å². The van der Waals surface area contributed by atoms with E-state index < -0.39 is 0 Å². The predicted molar refractivity (Wildman–Crippen MR) is 73.7 cm³/mol. The Balaban J connectivity index is 1.73. The van der Waals surface area contributed by atoms with E-state index in [-0.39, 0.29) is 12.1 Å². The summed E-state index contributed by atoms with van der Waals surface area (Å²) in [6, 6.07) is 0. The van der Waals surface area contributed by atoms with Crippen molar-refractivity contribution in [2.75, 3.05) is 19.8 Å². The minimum atomic E-state index is -0.0709. The first-order chi connectivity index (χ1) is 8.78. The minimum absolute atomic E-state index is 0.0709. The summed E-state index contributed by atoms with van der Waals surface area (Å²) < 4.78 is 6.02. The van der Waals surface area contributed by atoms with E-state index in [9.17, 15) is 5.11 Å². The first-order valence-electron chi connectivity index (χ1n) is 7.75. The Hall–Kier alpha value is -0.120. The SMILES string of the molecule is CCCNC1(CO)CCCC(OCCC2CC2)C1. The van der Waals surface area contributed by atoms with E-state index in [0.717, 1.165) is 38.3 Å². The Labute approximate surface area is 111 Å². The Morgan fingerprint density at radius 3 is 2.83 bits per heavy atom. The van der Waals surface area contributed by atoms with Crippen LogP contribution in [0.2, 0.25) is 0 Å². The average Bonchev–Trinajstić information content (AvgIpc) is 3.21. The van der Waals surface area contributed by atoms with E-state index in [0.29, 0.717) is 6.10 Å². The van der Waals surface area contributed by atoms with E-state index in [1.54, 1.807) is 0 Å². The third-order valence-electron chi connectivity index (χ3n) is 4.43. The monoisotopic (exact) mass is 255 g/mol. The molecule has 2 fully saturated rings.